The van der Waals surface area contributed by atoms with Crippen LogP contribution < -0.4 is 9.47 Å². The molecule has 188 valence electrons. The molecule has 1 fully saturated rings. The molecule has 1 heterocycles. The van der Waals surface area contributed by atoms with Crippen LogP contribution in [0.5, 0.6) is 11.5 Å². The number of hydrogen-bond acceptors (Lipinski definition) is 7. The van der Waals surface area contributed by atoms with E-state index in [1.807, 2.05) is 54.6 Å². The molecule has 0 spiro atoms. The first-order valence-electron chi connectivity index (χ1n) is 11.9. The second-order valence-electron chi connectivity index (χ2n) is 8.48. The summed E-state index contributed by atoms with van der Waals surface area (Å²) in [5.74, 6) is 0.973. The molecule has 0 bridgehead atoms. The fraction of sp³-hybridized carbons (Fsp3) is 0.407. The lowest BCUT2D eigenvalue weighted by Gasteiger charge is -2.28. The van der Waals surface area contributed by atoms with Crippen LogP contribution in [0.4, 0.5) is 0 Å². The van der Waals surface area contributed by atoms with E-state index in [1.165, 1.54) is 0 Å². The Hall–Kier alpha value is -2.65. The van der Waals surface area contributed by atoms with E-state index < -0.39 is 22.4 Å². The van der Waals surface area contributed by atoms with Crippen LogP contribution in [0.25, 0.3) is 10.8 Å². The van der Waals surface area contributed by atoms with Gasteiger partial charge in [-0.25, -0.2) is 8.42 Å². The summed E-state index contributed by atoms with van der Waals surface area (Å²) in [5.41, 5.74) is 0.936. The van der Waals surface area contributed by atoms with E-state index in [0.29, 0.717) is 24.5 Å². The van der Waals surface area contributed by atoms with Crippen LogP contribution >= 0.6 is 0 Å². The largest absolute Gasteiger partial charge is 0.467 e. The minimum atomic E-state index is -3.50. The van der Waals surface area contributed by atoms with Crippen molar-refractivity contribution in [1.82, 2.24) is 0 Å². The van der Waals surface area contributed by atoms with Gasteiger partial charge in [-0.3, -0.25) is 0 Å². The summed E-state index contributed by atoms with van der Waals surface area (Å²) in [6.45, 7) is 0.748. The van der Waals surface area contributed by atoms with E-state index in [2.05, 4.69) is 0 Å². The predicted molar refractivity (Wildman–Crippen MR) is 134 cm³/mol. The van der Waals surface area contributed by atoms with Crippen LogP contribution in [-0.4, -0.2) is 53.0 Å². The van der Waals surface area contributed by atoms with E-state index in [9.17, 15) is 8.42 Å². The monoisotopic (exact) mass is 500 g/mol. The van der Waals surface area contributed by atoms with Gasteiger partial charge in [-0.05, 0) is 54.8 Å². The summed E-state index contributed by atoms with van der Waals surface area (Å²) in [6.07, 6.45) is 1.63. The number of methoxy groups -OCH3 is 1. The van der Waals surface area contributed by atoms with Gasteiger partial charge in [0.05, 0.1) is 5.75 Å². The van der Waals surface area contributed by atoms with Gasteiger partial charge in [0, 0.05) is 19.1 Å². The lowest BCUT2D eigenvalue weighted by Crippen LogP contribution is -2.36. The zero-order chi connectivity index (χ0) is 24.5. The molecule has 2 unspecified atom stereocenters. The lowest BCUT2D eigenvalue weighted by molar-refractivity contribution is -0.224. The Labute approximate surface area is 206 Å². The third-order valence-corrected chi connectivity index (χ3v) is 7.44. The third kappa shape index (κ3) is 7.41. The summed E-state index contributed by atoms with van der Waals surface area (Å²) in [5, 5.41) is 1.88. The van der Waals surface area contributed by atoms with Gasteiger partial charge >= 0.3 is 0 Å². The minimum Gasteiger partial charge on any atom is -0.467 e. The maximum Gasteiger partial charge on any atom is 0.216 e. The van der Waals surface area contributed by atoms with Crippen molar-refractivity contribution < 1.29 is 32.1 Å². The predicted octanol–water partition coefficient (Wildman–Crippen LogP) is 4.73. The Bertz CT molecular complexity index is 1170. The molecule has 0 aromatic heterocycles. The van der Waals surface area contributed by atoms with Crippen molar-refractivity contribution in [3.8, 4) is 11.5 Å². The molecule has 0 N–H and O–H groups in total. The molecule has 0 radical (unpaired) electrons. The Morgan fingerprint density at radius 3 is 2.54 bits per heavy atom. The van der Waals surface area contributed by atoms with Crippen molar-refractivity contribution in [2.75, 3.05) is 32.0 Å². The normalized spacial score (nSPS) is 17.2. The fourth-order valence-corrected chi connectivity index (χ4v) is 5.37. The van der Waals surface area contributed by atoms with Crippen LogP contribution in [0.15, 0.2) is 66.7 Å². The van der Waals surface area contributed by atoms with Crippen LogP contribution in [0, 0.1) is 0 Å². The van der Waals surface area contributed by atoms with Crippen LogP contribution in [0.1, 0.15) is 24.8 Å². The van der Waals surface area contributed by atoms with Gasteiger partial charge in [-0.1, -0.05) is 48.5 Å². The fourth-order valence-electron chi connectivity index (χ4n) is 4.11. The van der Waals surface area contributed by atoms with E-state index in [1.54, 1.807) is 19.2 Å². The van der Waals surface area contributed by atoms with Gasteiger partial charge in [0.15, 0.2) is 22.9 Å². The second kappa shape index (κ2) is 12.4. The summed E-state index contributed by atoms with van der Waals surface area (Å²) in [7, 11) is -1.93. The van der Waals surface area contributed by atoms with Crippen molar-refractivity contribution in [2.45, 2.75) is 38.3 Å². The van der Waals surface area contributed by atoms with Crippen molar-refractivity contribution in [1.29, 1.82) is 0 Å². The highest BCUT2D eigenvalue weighted by atomic mass is 32.2. The quantitative estimate of drug-likeness (QED) is 0.333. The average Bonchev–Trinajstić information content (AvgIpc) is 2.87. The number of aryl methyl sites for hydroxylation is 1. The smallest absolute Gasteiger partial charge is 0.216 e. The number of hydrogen-bond donors (Lipinski definition) is 0. The van der Waals surface area contributed by atoms with Crippen LogP contribution in [0.2, 0.25) is 0 Å². The molecule has 35 heavy (non-hydrogen) atoms. The van der Waals surface area contributed by atoms with Crippen molar-refractivity contribution in [3.63, 3.8) is 0 Å². The number of para-hydroxylation sites is 1. The number of rotatable bonds is 12. The van der Waals surface area contributed by atoms with Crippen LogP contribution in [0.3, 0.4) is 0 Å². The molecule has 4 rings (SSSR count). The van der Waals surface area contributed by atoms with Crippen molar-refractivity contribution >= 4 is 20.6 Å². The molecule has 8 heteroatoms. The summed E-state index contributed by atoms with van der Waals surface area (Å²) in [4.78, 5) is 0. The summed E-state index contributed by atoms with van der Waals surface area (Å²) < 4.78 is 54.5. The zero-order valence-corrected chi connectivity index (χ0v) is 20.7. The molecule has 3 aromatic carbocycles. The van der Waals surface area contributed by atoms with Gasteiger partial charge in [0.1, 0.15) is 17.3 Å². The van der Waals surface area contributed by atoms with E-state index in [4.69, 9.17) is 23.7 Å². The maximum atomic E-state index is 13.1. The maximum absolute atomic E-state index is 13.1. The number of benzene rings is 3. The van der Waals surface area contributed by atoms with Gasteiger partial charge < -0.3 is 23.7 Å². The molecule has 0 amide bonds. The zero-order valence-electron chi connectivity index (χ0n) is 19.9. The van der Waals surface area contributed by atoms with Gasteiger partial charge in [-0.15, -0.1) is 0 Å². The second-order valence-corrected chi connectivity index (χ2v) is 10.7. The molecule has 1 aliphatic rings. The third-order valence-electron chi connectivity index (χ3n) is 5.83. The Kier molecular flexibility index (Phi) is 8.98. The van der Waals surface area contributed by atoms with Crippen LogP contribution in [-0.2, 0) is 30.5 Å². The number of ether oxygens (including phenoxy) is 5. The highest BCUT2D eigenvalue weighted by Gasteiger charge is 2.26. The SMILES string of the molecule is COCOc1cccc2c(CCS(=O)(=O)CC(Oc3ccccc3)OC3CCCCO3)cccc12. The Balaban J connectivity index is 1.46. The van der Waals surface area contributed by atoms with Gasteiger partial charge in [0.2, 0.25) is 6.29 Å². The van der Waals surface area contributed by atoms with Gasteiger partial charge in [-0.2, -0.15) is 0 Å². The molecule has 0 aliphatic carbocycles. The summed E-state index contributed by atoms with van der Waals surface area (Å²) in [6, 6.07) is 20.7. The molecule has 1 aliphatic heterocycles. The molecule has 0 saturated carbocycles. The van der Waals surface area contributed by atoms with Crippen molar-refractivity contribution in [2.24, 2.45) is 0 Å². The number of fused-ring (bicyclic) bond motifs is 1. The molecule has 2 atom stereocenters. The lowest BCUT2D eigenvalue weighted by atomic mass is 10.0. The summed E-state index contributed by atoms with van der Waals surface area (Å²) >= 11 is 0. The van der Waals surface area contributed by atoms with E-state index >= 15 is 0 Å². The topological polar surface area (TPSA) is 80.3 Å². The average molecular weight is 501 g/mol. The van der Waals surface area contributed by atoms with E-state index in [-0.39, 0.29) is 18.3 Å². The molecular formula is C27H32O7S. The molecular weight excluding hydrogens is 468 g/mol. The van der Waals surface area contributed by atoms with Crippen molar-refractivity contribution in [3.05, 3.63) is 72.3 Å². The first-order chi connectivity index (χ1) is 17.0. The van der Waals surface area contributed by atoms with Gasteiger partial charge in [0.25, 0.3) is 0 Å². The Morgan fingerprint density at radius 2 is 1.77 bits per heavy atom. The van der Waals surface area contributed by atoms with E-state index in [0.717, 1.165) is 35.6 Å². The highest BCUT2D eigenvalue weighted by molar-refractivity contribution is 7.91. The molecule has 1 saturated heterocycles. The first-order valence-corrected chi connectivity index (χ1v) is 13.7. The molecule has 3 aromatic rings. The minimum absolute atomic E-state index is 0.0290. The highest BCUT2D eigenvalue weighted by Crippen LogP contribution is 2.29. The number of sulfone groups is 1. The first kappa shape index (κ1) is 25.4. The Morgan fingerprint density at radius 1 is 0.971 bits per heavy atom. The standard InChI is InChI=1S/C27H32O7S/c1-30-20-32-25-14-8-12-23-21(9-7-13-24(23)25)16-18-35(28,29)19-27(33-22-10-3-2-4-11-22)34-26-15-5-6-17-31-26/h2-4,7-14,26-27H,5-6,15-20H2,1H3. The molecule has 7 nitrogen and oxygen atoms in total.